The van der Waals surface area contributed by atoms with E-state index in [4.69, 9.17) is 9.73 Å². The van der Waals surface area contributed by atoms with Crippen LogP contribution in [0, 0.1) is 17.1 Å². The van der Waals surface area contributed by atoms with Crippen molar-refractivity contribution in [3.8, 4) is 6.07 Å². The van der Waals surface area contributed by atoms with Gasteiger partial charge in [0, 0.05) is 34.8 Å². The molecule has 230 valence electrons. The van der Waals surface area contributed by atoms with Crippen LogP contribution in [0.4, 0.5) is 4.39 Å². The van der Waals surface area contributed by atoms with Crippen LogP contribution in [0.25, 0.3) is 22.7 Å². The number of thiazole rings is 1. The SMILES string of the molecule is CCOC(=O)C1=C(c2ccccc2)N=c2s/c(=C\c3cn(Cc4ccc(C#N)cc4)c4ccccc34)c(=O)n2[C@H]1c1ccc(F)cc1. The first-order valence-electron chi connectivity index (χ1n) is 15.1. The van der Waals surface area contributed by atoms with Crippen molar-refractivity contribution in [2.45, 2.75) is 19.5 Å². The third-order valence-electron chi connectivity index (χ3n) is 8.10. The number of nitrogens with zero attached hydrogens (tertiary/aromatic N) is 4. The molecule has 7 nitrogen and oxygen atoms in total. The van der Waals surface area contributed by atoms with Gasteiger partial charge in [0.1, 0.15) is 5.82 Å². The Morgan fingerprint density at radius 2 is 1.72 bits per heavy atom. The lowest BCUT2D eigenvalue weighted by molar-refractivity contribution is -0.138. The molecule has 0 unspecified atom stereocenters. The van der Waals surface area contributed by atoms with Gasteiger partial charge in [-0.1, -0.05) is 84.1 Å². The number of hydrogen-bond acceptors (Lipinski definition) is 6. The predicted octanol–water partition coefficient (Wildman–Crippen LogP) is 5.95. The normalized spacial score (nSPS) is 14.5. The van der Waals surface area contributed by atoms with E-state index in [9.17, 15) is 19.2 Å². The molecule has 0 saturated heterocycles. The maximum absolute atomic E-state index is 14.3. The highest BCUT2D eigenvalue weighted by atomic mass is 32.1. The molecule has 0 amide bonds. The zero-order valence-corrected chi connectivity index (χ0v) is 26.1. The maximum atomic E-state index is 14.3. The van der Waals surface area contributed by atoms with Crippen molar-refractivity contribution in [1.29, 1.82) is 5.26 Å². The van der Waals surface area contributed by atoms with Crippen LogP contribution in [0.5, 0.6) is 0 Å². The number of hydrogen-bond donors (Lipinski definition) is 0. The number of esters is 1. The van der Waals surface area contributed by atoms with Gasteiger partial charge in [0.25, 0.3) is 5.56 Å². The molecule has 4 aromatic carbocycles. The third kappa shape index (κ3) is 5.60. The van der Waals surface area contributed by atoms with E-state index in [0.29, 0.717) is 38.3 Å². The molecule has 0 aliphatic carbocycles. The van der Waals surface area contributed by atoms with Crippen LogP contribution in [0.1, 0.15) is 40.8 Å². The standard InChI is InChI=1S/C38H27FN4O3S/c1-2-46-37(45)33-34(26-8-4-3-5-9-26)41-38-43(35(33)27-16-18-29(39)19-17-27)36(44)32(47-38)20-28-23-42(31-11-7-6-10-30(28)31)22-25-14-12-24(21-40)13-15-25/h3-20,23,35H,2,22H2,1H3/b32-20-/t35-/m0/s1. The number of ether oxygens (including phenoxy) is 1. The van der Waals surface area contributed by atoms with Gasteiger partial charge < -0.3 is 9.30 Å². The number of para-hydroxylation sites is 1. The molecule has 6 aromatic rings. The Labute approximate surface area is 273 Å². The summed E-state index contributed by atoms with van der Waals surface area (Å²) >= 11 is 1.24. The second-order valence-electron chi connectivity index (χ2n) is 11.0. The van der Waals surface area contributed by atoms with Crippen molar-refractivity contribution >= 4 is 40.0 Å². The van der Waals surface area contributed by atoms with E-state index in [-0.39, 0.29) is 17.7 Å². The summed E-state index contributed by atoms with van der Waals surface area (Å²) in [4.78, 5) is 33.3. The number of nitriles is 1. The van der Waals surface area contributed by atoms with Crippen LogP contribution in [-0.2, 0) is 16.1 Å². The van der Waals surface area contributed by atoms with Crippen LogP contribution in [0.2, 0.25) is 0 Å². The highest BCUT2D eigenvalue weighted by molar-refractivity contribution is 7.07. The molecular weight excluding hydrogens is 612 g/mol. The molecule has 7 rings (SSSR count). The first-order valence-corrected chi connectivity index (χ1v) is 15.9. The molecule has 2 aromatic heterocycles. The minimum atomic E-state index is -0.888. The largest absolute Gasteiger partial charge is 0.463 e. The fourth-order valence-electron chi connectivity index (χ4n) is 5.94. The molecule has 1 aliphatic heterocycles. The Hall–Kier alpha value is -5.85. The summed E-state index contributed by atoms with van der Waals surface area (Å²) in [6, 6.07) is 31.8. The molecule has 0 N–H and O–H groups in total. The lowest BCUT2D eigenvalue weighted by Crippen LogP contribution is -2.40. The molecule has 9 heteroatoms. The molecule has 0 fully saturated rings. The minimum absolute atomic E-state index is 0.136. The second-order valence-corrected chi connectivity index (χ2v) is 12.0. The zero-order chi connectivity index (χ0) is 32.5. The van der Waals surface area contributed by atoms with Crippen LogP contribution >= 0.6 is 11.3 Å². The topological polar surface area (TPSA) is 89.4 Å². The van der Waals surface area contributed by atoms with Crippen LogP contribution < -0.4 is 14.9 Å². The van der Waals surface area contributed by atoms with Crippen molar-refractivity contribution in [1.82, 2.24) is 9.13 Å². The van der Waals surface area contributed by atoms with Gasteiger partial charge in [-0.2, -0.15) is 5.26 Å². The van der Waals surface area contributed by atoms with E-state index in [0.717, 1.165) is 22.0 Å². The molecular formula is C38H27FN4O3S. The molecule has 0 saturated carbocycles. The van der Waals surface area contributed by atoms with E-state index in [1.807, 2.05) is 79.0 Å². The number of rotatable bonds is 7. The average Bonchev–Trinajstić information content (AvgIpc) is 3.61. The average molecular weight is 639 g/mol. The molecule has 47 heavy (non-hydrogen) atoms. The summed E-state index contributed by atoms with van der Waals surface area (Å²) in [5.74, 6) is -1.02. The van der Waals surface area contributed by atoms with E-state index < -0.39 is 17.8 Å². The third-order valence-corrected chi connectivity index (χ3v) is 9.08. The minimum Gasteiger partial charge on any atom is -0.463 e. The Morgan fingerprint density at radius 1 is 1.00 bits per heavy atom. The van der Waals surface area contributed by atoms with Gasteiger partial charge in [0.05, 0.1) is 40.1 Å². The van der Waals surface area contributed by atoms with Gasteiger partial charge in [0.2, 0.25) is 0 Å². The Kier molecular flexibility index (Phi) is 7.94. The molecule has 1 atom stereocenters. The fraction of sp³-hybridized carbons (Fsp3) is 0.105. The zero-order valence-electron chi connectivity index (χ0n) is 25.3. The highest BCUT2D eigenvalue weighted by Gasteiger charge is 2.35. The summed E-state index contributed by atoms with van der Waals surface area (Å²) in [6.07, 6.45) is 3.87. The molecule has 1 aliphatic rings. The summed E-state index contributed by atoms with van der Waals surface area (Å²) in [6.45, 7) is 2.44. The second kappa shape index (κ2) is 12.5. The fourth-order valence-corrected chi connectivity index (χ4v) is 6.94. The Morgan fingerprint density at radius 3 is 2.45 bits per heavy atom. The van der Waals surface area contributed by atoms with E-state index in [2.05, 4.69) is 10.6 Å². The van der Waals surface area contributed by atoms with Gasteiger partial charge in [0.15, 0.2) is 4.80 Å². The number of fused-ring (bicyclic) bond motifs is 2. The van der Waals surface area contributed by atoms with Gasteiger partial charge in [-0.3, -0.25) is 9.36 Å². The number of halogens is 1. The lowest BCUT2D eigenvalue weighted by Gasteiger charge is -2.25. The highest BCUT2D eigenvalue weighted by Crippen LogP contribution is 2.35. The monoisotopic (exact) mass is 638 g/mol. The summed E-state index contributed by atoms with van der Waals surface area (Å²) < 4.78 is 23.7. The van der Waals surface area contributed by atoms with Crippen molar-refractivity contribution < 1.29 is 13.9 Å². The number of carbonyl (C=O) groups excluding carboxylic acids is 1. The predicted molar refractivity (Wildman–Crippen MR) is 180 cm³/mol. The first-order chi connectivity index (χ1) is 22.9. The van der Waals surface area contributed by atoms with Crippen molar-refractivity contribution in [2.24, 2.45) is 4.99 Å². The van der Waals surface area contributed by atoms with E-state index in [1.54, 1.807) is 31.2 Å². The van der Waals surface area contributed by atoms with Gasteiger partial charge >= 0.3 is 5.97 Å². The molecule has 0 bridgehead atoms. The Bertz CT molecular complexity index is 2400. The van der Waals surface area contributed by atoms with E-state index >= 15 is 0 Å². The van der Waals surface area contributed by atoms with Gasteiger partial charge in [-0.15, -0.1) is 0 Å². The number of benzene rings is 4. The van der Waals surface area contributed by atoms with Gasteiger partial charge in [-0.25, -0.2) is 14.2 Å². The first kappa shape index (κ1) is 29.8. The molecule has 0 radical (unpaired) electrons. The van der Waals surface area contributed by atoms with Crippen molar-refractivity contribution in [3.63, 3.8) is 0 Å². The molecule has 0 spiro atoms. The van der Waals surface area contributed by atoms with E-state index in [1.165, 1.54) is 28.0 Å². The smallest absolute Gasteiger partial charge is 0.338 e. The summed E-state index contributed by atoms with van der Waals surface area (Å²) in [5.41, 5.74) is 5.05. The quantitative estimate of drug-likeness (QED) is 0.202. The van der Waals surface area contributed by atoms with Gasteiger partial charge in [-0.05, 0) is 54.5 Å². The van der Waals surface area contributed by atoms with Crippen LogP contribution in [0.15, 0.2) is 125 Å². The van der Waals surface area contributed by atoms with Crippen LogP contribution in [-0.4, -0.2) is 21.7 Å². The number of aromatic nitrogens is 2. The summed E-state index contributed by atoms with van der Waals surface area (Å²) in [7, 11) is 0. The van der Waals surface area contributed by atoms with Crippen LogP contribution in [0.3, 0.4) is 0 Å². The van der Waals surface area contributed by atoms with Crippen molar-refractivity contribution in [3.05, 3.63) is 168 Å². The summed E-state index contributed by atoms with van der Waals surface area (Å²) in [5, 5.41) is 10.2. The maximum Gasteiger partial charge on any atom is 0.338 e. The molecule has 3 heterocycles. The van der Waals surface area contributed by atoms with Crippen molar-refractivity contribution in [2.75, 3.05) is 6.61 Å². The Balaban J connectivity index is 1.43. The number of carbonyl (C=O) groups is 1. The lowest BCUT2D eigenvalue weighted by atomic mass is 9.93.